The lowest BCUT2D eigenvalue weighted by molar-refractivity contribution is 0.119. The van der Waals surface area contributed by atoms with Gasteiger partial charge >= 0.3 is 6.03 Å². The van der Waals surface area contributed by atoms with E-state index < -0.39 is 0 Å². The van der Waals surface area contributed by atoms with E-state index in [-0.39, 0.29) is 6.03 Å². The van der Waals surface area contributed by atoms with Crippen LogP contribution in [0.2, 0.25) is 0 Å². The summed E-state index contributed by atoms with van der Waals surface area (Å²) in [6.07, 6.45) is 8.86. The van der Waals surface area contributed by atoms with Gasteiger partial charge in [-0.3, -0.25) is 5.32 Å². The van der Waals surface area contributed by atoms with E-state index in [0.29, 0.717) is 12.1 Å². The van der Waals surface area contributed by atoms with Crippen LogP contribution in [-0.2, 0) is 0 Å². The van der Waals surface area contributed by atoms with Crippen LogP contribution in [0.1, 0.15) is 50.3 Å². The number of aromatic nitrogens is 1. The largest absolute Gasteiger partial charge is 0.324 e. The number of amides is 2. The van der Waals surface area contributed by atoms with Crippen LogP contribution in [0.5, 0.6) is 0 Å². The van der Waals surface area contributed by atoms with Gasteiger partial charge in [0.1, 0.15) is 0 Å². The van der Waals surface area contributed by atoms with Crippen molar-refractivity contribution in [1.29, 1.82) is 0 Å². The fraction of sp³-hybridized carbons (Fsp3) is 0.765. The molecule has 2 fully saturated rings. The SMILES string of the molecule is Cc1cnc(NC(=O)N(C2CCSCC2)C2CCC(C)CC2)s1. The minimum Gasteiger partial charge on any atom is -0.318 e. The molecular formula is C17H27N3OS2. The third-order valence-corrected chi connectivity index (χ3v) is 6.91. The molecule has 6 heteroatoms. The van der Waals surface area contributed by atoms with Gasteiger partial charge in [-0.1, -0.05) is 6.92 Å². The summed E-state index contributed by atoms with van der Waals surface area (Å²) in [6, 6.07) is 0.867. The number of nitrogens with one attached hydrogen (secondary N) is 1. The molecule has 0 radical (unpaired) electrons. The first kappa shape index (κ1) is 17.1. The van der Waals surface area contributed by atoms with E-state index in [1.54, 1.807) is 11.3 Å². The molecule has 0 unspecified atom stereocenters. The van der Waals surface area contributed by atoms with Crippen LogP contribution in [0.4, 0.5) is 9.93 Å². The molecule has 1 saturated heterocycles. The van der Waals surface area contributed by atoms with Crippen molar-refractivity contribution < 1.29 is 4.79 Å². The van der Waals surface area contributed by atoms with Crippen molar-refractivity contribution in [2.75, 3.05) is 16.8 Å². The minimum atomic E-state index is 0.0656. The number of carbonyl (C=O) groups is 1. The van der Waals surface area contributed by atoms with Gasteiger partial charge in [0, 0.05) is 23.2 Å². The molecule has 0 spiro atoms. The van der Waals surface area contributed by atoms with Gasteiger partial charge in [0.25, 0.3) is 0 Å². The van der Waals surface area contributed by atoms with Crippen molar-refractivity contribution in [2.24, 2.45) is 5.92 Å². The first-order valence-corrected chi connectivity index (χ1v) is 10.7. The molecule has 1 aliphatic carbocycles. The topological polar surface area (TPSA) is 45.2 Å². The second-order valence-electron chi connectivity index (χ2n) is 6.87. The van der Waals surface area contributed by atoms with Gasteiger partial charge in [-0.15, -0.1) is 11.3 Å². The summed E-state index contributed by atoms with van der Waals surface area (Å²) in [5.41, 5.74) is 0. The Morgan fingerprint density at radius 1 is 1.17 bits per heavy atom. The molecule has 1 aromatic rings. The number of carbonyl (C=O) groups excluding carboxylic acids is 1. The van der Waals surface area contributed by atoms with Crippen LogP contribution in [0.25, 0.3) is 0 Å². The van der Waals surface area contributed by atoms with Gasteiger partial charge < -0.3 is 4.90 Å². The zero-order chi connectivity index (χ0) is 16.2. The summed E-state index contributed by atoms with van der Waals surface area (Å²) in [4.78, 5) is 20.6. The van der Waals surface area contributed by atoms with E-state index in [1.165, 1.54) is 24.3 Å². The molecule has 0 atom stereocenters. The second-order valence-corrected chi connectivity index (χ2v) is 9.33. The maximum Gasteiger partial charge on any atom is 0.324 e. The molecule has 1 N–H and O–H groups in total. The van der Waals surface area contributed by atoms with Crippen molar-refractivity contribution in [3.63, 3.8) is 0 Å². The number of thioether (sulfide) groups is 1. The quantitative estimate of drug-likeness (QED) is 0.852. The number of hydrogen-bond donors (Lipinski definition) is 1. The highest BCUT2D eigenvalue weighted by molar-refractivity contribution is 7.99. The van der Waals surface area contributed by atoms with Gasteiger partial charge in [0.05, 0.1) is 0 Å². The molecule has 23 heavy (non-hydrogen) atoms. The lowest BCUT2D eigenvalue weighted by Gasteiger charge is -2.42. The molecule has 128 valence electrons. The van der Waals surface area contributed by atoms with Crippen LogP contribution in [0.3, 0.4) is 0 Å². The predicted molar refractivity (Wildman–Crippen MR) is 99.5 cm³/mol. The number of urea groups is 1. The molecule has 0 bridgehead atoms. The van der Waals surface area contributed by atoms with Gasteiger partial charge in [0.2, 0.25) is 0 Å². The normalized spacial score (nSPS) is 26.0. The number of rotatable bonds is 3. The summed E-state index contributed by atoms with van der Waals surface area (Å²) in [7, 11) is 0. The van der Waals surface area contributed by atoms with Gasteiger partial charge in [-0.25, -0.2) is 9.78 Å². The molecule has 1 aromatic heterocycles. The van der Waals surface area contributed by atoms with E-state index in [9.17, 15) is 4.79 Å². The number of hydrogen-bond acceptors (Lipinski definition) is 4. The second kappa shape index (κ2) is 7.88. The summed E-state index contributed by atoms with van der Waals surface area (Å²) in [5.74, 6) is 3.15. The minimum absolute atomic E-state index is 0.0656. The Kier molecular flexibility index (Phi) is 5.85. The van der Waals surface area contributed by atoms with Crippen LogP contribution in [-0.4, -0.2) is 39.5 Å². The Morgan fingerprint density at radius 2 is 1.83 bits per heavy atom. The molecule has 2 amide bonds. The van der Waals surface area contributed by atoms with Crippen LogP contribution in [0, 0.1) is 12.8 Å². The van der Waals surface area contributed by atoms with Gasteiger partial charge in [-0.2, -0.15) is 11.8 Å². The Labute approximate surface area is 147 Å². The van der Waals surface area contributed by atoms with Gasteiger partial charge in [0.15, 0.2) is 5.13 Å². The monoisotopic (exact) mass is 353 g/mol. The highest BCUT2D eigenvalue weighted by Gasteiger charge is 2.34. The molecular weight excluding hydrogens is 326 g/mol. The number of nitrogens with zero attached hydrogens (tertiary/aromatic N) is 2. The molecule has 4 nitrogen and oxygen atoms in total. The Bertz CT molecular complexity index is 520. The summed E-state index contributed by atoms with van der Waals surface area (Å²) in [6.45, 7) is 4.35. The van der Waals surface area contributed by atoms with Crippen LogP contribution >= 0.6 is 23.1 Å². The Balaban J connectivity index is 1.71. The zero-order valence-corrected chi connectivity index (χ0v) is 15.7. The standard InChI is InChI=1S/C17H27N3OS2/c1-12-3-5-14(6-4-12)20(15-7-9-22-10-8-15)17(21)19-16-18-11-13(2)23-16/h11-12,14-15H,3-10H2,1-2H3,(H,18,19,21). The smallest absolute Gasteiger partial charge is 0.318 e. The van der Waals surface area contributed by atoms with E-state index in [0.717, 1.165) is 41.6 Å². The molecule has 1 aliphatic heterocycles. The van der Waals surface area contributed by atoms with Crippen LogP contribution < -0.4 is 5.32 Å². The molecule has 3 rings (SSSR count). The first-order valence-electron chi connectivity index (χ1n) is 8.73. The highest BCUT2D eigenvalue weighted by atomic mass is 32.2. The van der Waals surface area contributed by atoms with E-state index >= 15 is 0 Å². The lowest BCUT2D eigenvalue weighted by Crippen LogP contribution is -2.51. The fourth-order valence-electron chi connectivity index (χ4n) is 3.68. The third kappa shape index (κ3) is 4.41. The summed E-state index contributed by atoms with van der Waals surface area (Å²) >= 11 is 3.57. The van der Waals surface area contributed by atoms with Crippen molar-refractivity contribution in [1.82, 2.24) is 9.88 Å². The lowest BCUT2D eigenvalue weighted by atomic mass is 9.86. The average molecular weight is 354 g/mol. The summed E-state index contributed by atoms with van der Waals surface area (Å²) in [5, 5.41) is 3.78. The first-order chi connectivity index (χ1) is 11.1. The number of aryl methyl sites for hydroxylation is 1. The maximum absolute atomic E-state index is 13.0. The molecule has 0 aromatic carbocycles. The van der Waals surface area contributed by atoms with E-state index in [1.807, 2.05) is 24.9 Å². The average Bonchev–Trinajstić information content (AvgIpc) is 2.95. The van der Waals surface area contributed by atoms with Crippen molar-refractivity contribution in [2.45, 2.75) is 64.5 Å². The number of thiazole rings is 1. The van der Waals surface area contributed by atoms with E-state index in [4.69, 9.17) is 0 Å². The Hall–Kier alpha value is -0.750. The number of anilines is 1. The van der Waals surface area contributed by atoms with Crippen molar-refractivity contribution in [3.8, 4) is 0 Å². The Morgan fingerprint density at radius 3 is 2.43 bits per heavy atom. The molecule has 2 aliphatic rings. The molecule has 2 heterocycles. The fourth-order valence-corrected chi connectivity index (χ4v) is 5.42. The highest BCUT2D eigenvalue weighted by Crippen LogP contribution is 2.32. The zero-order valence-electron chi connectivity index (χ0n) is 14.1. The van der Waals surface area contributed by atoms with Crippen molar-refractivity contribution >= 4 is 34.3 Å². The third-order valence-electron chi connectivity index (χ3n) is 5.03. The van der Waals surface area contributed by atoms with Crippen molar-refractivity contribution in [3.05, 3.63) is 11.1 Å². The van der Waals surface area contributed by atoms with Crippen LogP contribution in [0.15, 0.2) is 6.20 Å². The van der Waals surface area contributed by atoms with Gasteiger partial charge in [-0.05, 0) is 62.9 Å². The predicted octanol–water partition coefficient (Wildman–Crippen LogP) is 4.76. The maximum atomic E-state index is 13.0. The summed E-state index contributed by atoms with van der Waals surface area (Å²) < 4.78 is 0. The van der Waals surface area contributed by atoms with E-state index in [2.05, 4.69) is 22.1 Å². The molecule has 1 saturated carbocycles.